The Bertz CT molecular complexity index is 289. The average Bonchev–Trinajstić information content (AvgIpc) is 2.01. The molecule has 13 heavy (non-hydrogen) atoms. The molecule has 0 spiro atoms. The second-order valence-electron chi connectivity index (χ2n) is 2.97. The van der Waals surface area contributed by atoms with Crippen LogP contribution in [0, 0.1) is 0 Å². The molecule has 0 saturated heterocycles. The van der Waals surface area contributed by atoms with Crippen LogP contribution in [0.15, 0.2) is 11.1 Å². The molecular weight excluding hydrogens is 204 g/mol. The van der Waals surface area contributed by atoms with Gasteiger partial charge in [-0.05, 0) is 0 Å². The second-order valence-corrected chi connectivity index (χ2v) is 4.95. The first-order valence-electron chi connectivity index (χ1n) is 4.32. The van der Waals surface area contributed by atoms with Crippen LogP contribution in [-0.2, 0) is 6.42 Å². The summed E-state index contributed by atoms with van der Waals surface area (Å²) in [5, 5.41) is 2.03. The molecule has 1 heterocycles. The molecule has 0 bridgehead atoms. The van der Waals surface area contributed by atoms with Crippen molar-refractivity contribution in [3.05, 3.63) is 17.0 Å². The standard InChI is InChI=1S/C9H13ClN2S/c1-4-8-11-7(10)5-9(12-8)13-6(2)3/h5-6H,4H2,1-3H3. The quantitative estimate of drug-likeness (QED) is 0.573. The molecule has 0 aliphatic rings. The lowest BCUT2D eigenvalue weighted by atomic mass is 10.4. The van der Waals surface area contributed by atoms with Gasteiger partial charge in [-0.15, -0.1) is 11.8 Å². The molecule has 0 aromatic carbocycles. The Kier molecular flexibility index (Phi) is 4.00. The first kappa shape index (κ1) is 10.8. The number of hydrogen-bond donors (Lipinski definition) is 0. The molecule has 0 amide bonds. The smallest absolute Gasteiger partial charge is 0.133 e. The number of hydrogen-bond acceptors (Lipinski definition) is 3. The minimum Gasteiger partial charge on any atom is -0.227 e. The average molecular weight is 217 g/mol. The fraction of sp³-hybridized carbons (Fsp3) is 0.556. The van der Waals surface area contributed by atoms with Crippen molar-refractivity contribution in [1.29, 1.82) is 0 Å². The predicted molar refractivity (Wildman–Crippen MR) is 57.4 cm³/mol. The van der Waals surface area contributed by atoms with Gasteiger partial charge in [0.05, 0.1) is 0 Å². The Morgan fingerprint density at radius 3 is 2.69 bits per heavy atom. The normalized spacial score (nSPS) is 10.8. The molecule has 4 heteroatoms. The van der Waals surface area contributed by atoms with Crippen LogP contribution in [0.1, 0.15) is 26.6 Å². The summed E-state index contributed by atoms with van der Waals surface area (Å²) in [5.41, 5.74) is 0. The van der Waals surface area contributed by atoms with Gasteiger partial charge >= 0.3 is 0 Å². The largest absolute Gasteiger partial charge is 0.227 e. The molecule has 0 N–H and O–H groups in total. The van der Waals surface area contributed by atoms with Gasteiger partial charge < -0.3 is 0 Å². The van der Waals surface area contributed by atoms with E-state index in [1.165, 1.54) is 0 Å². The van der Waals surface area contributed by atoms with Crippen LogP contribution in [-0.4, -0.2) is 15.2 Å². The summed E-state index contributed by atoms with van der Waals surface area (Å²) < 4.78 is 0. The molecule has 1 aromatic rings. The molecule has 72 valence electrons. The molecule has 0 aliphatic heterocycles. The van der Waals surface area contributed by atoms with E-state index in [2.05, 4.69) is 23.8 Å². The fourth-order valence-electron chi connectivity index (χ4n) is 0.902. The zero-order valence-electron chi connectivity index (χ0n) is 8.04. The summed E-state index contributed by atoms with van der Waals surface area (Å²) >= 11 is 7.55. The Morgan fingerprint density at radius 2 is 2.15 bits per heavy atom. The molecule has 0 fully saturated rings. The van der Waals surface area contributed by atoms with Crippen molar-refractivity contribution < 1.29 is 0 Å². The van der Waals surface area contributed by atoms with E-state index in [1.807, 2.05) is 13.0 Å². The van der Waals surface area contributed by atoms with Crippen molar-refractivity contribution in [2.45, 2.75) is 37.5 Å². The minimum atomic E-state index is 0.524. The Morgan fingerprint density at radius 1 is 1.46 bits per heavy atom. The summed E-state index contributed by atoms with van der Waals surface area (Å²) in [6.45, 7) is 6.29. The van der Waals surface area contributed by atoms with Crippen LogP contribution in [0.5, 0.6) is 0 Å². The lowest BCUT2D eigenvalue weighted by Crippen LogP contribution is -1.96. The molecular formula is C9H13ClN2S. The highest BCUT2D eigenvalue weighted by Gasteiger charge is 2.04. The molecule has 2 nitrogen and oxygen atoms in total. The third-order valence-electron chi connectivity index (χ3n) is 1.39. The maximum absolute atomic E-state index is 5.85. The lowest BCUT2D eigenvalue weighted by Gasteiger charge is -2.05. The van der Waals surface area contributed by atoms with Crippen LogP contribution in [0.25, 0.3) is 0 Å². The van der Waals surface area contributed by atoms with Crippen molar-refractivity contribution >= 4 is 23.4 Å². The van der Waals surface area contributed by atoms with E-state index in [-0.39, 0.29) is 0 Å². The van der Waals surface area contributed by atoms with Crippen LogP contribution in [0.2, 0.25) is 5.15 Å². The first-order chi connectivity index (χ1) is 6.11. The van der Waals surface area contributed by atoms with Crippen molar-refractivity contribution in [1.82, 2.24) is 9.97 Å². The highest BCUT2D eigenvalue weighted by Crippen LogP contribution is 2.22. The van der Waals surface area contributed by atoms with E-state index in [0.717, 1.165) is 17.3 Å². The fourth-order valence-corrected chi connectivity index (χ4v) is 1.99. The summed E-state index contributed by atoms with van der Waals surface area (Å²) in [7, 11) is 0. The van der Waals surface area contributed by atoms with Gasteiger partial charge in [-0.1, -0.05) is 32.4 Å². The Hall–Kier alpha value is -0.280. The Balaban J connectivity index is 2.88. The number of rotatable bonds is 3. The predicted octanol–water partition coefficient (Wildman–Crippen LogP) is 3.19. The molecule has 0 saturated carbocycles. The molecule has 0 aliphatic carbocycles. The molecule has 0 radical (unpaired) electrons. The van der Waals surface area contributed by atoms with Gasteiger partial charge in [-0.2, -0.15) is 0 Å². The summed E-state index contributed by atoms with van der Waals surface area (Å²) in [5.74, 6) is 0.815. The van der Waals surface area contributed by atoms with Gasteiger partial charge in [0.15, 0.2) is 0 Å². The summed E-state index contributed by atoms with van der Waals surface area (Å²) in [6, 6.07) is 1.81. The summed E-state index contributed by atoms with van der Waals surface area (Å²) in [4.78, 5) is 8.46. The summed E-state index contributed by atoms with van der Waals surface area (Å²) in [6.07, 6.45) is 0.826. The monoisotopic (exact) mass is 216 g/mol. The van der Waals surface area contributed by atoms with E-state index in [0.29, 0.717) is 10.4 Å². The maximum Gasteiger partial charge on any atom is 0.133 e. The van der Waals surface area contributed by atoms with Gasteiger partial charge in [-0.25, -0.2) is 9.97 Å². The van der Waals surface area contributed by atoms with Crippen molar-refractivity contribution in [3.8, 4) is 0 Å². The van der Waals surface area contributed by atoms with Gasteiger partial charge in [0.1, 0.15) is 16.0 Å². The molecule has 1 rings (SSSR count). The number of nitrogens with zero attached hydrogens (tertiary/aromatic N) is 2. The highest BCUT2D eigenvalue weighted by atomic mass is 35.5. The highest BCUT2D eigenvalue weighted by molar-refractivity contribution is 7.99. The number of halogens is 1. The van der Waals surface area contributed by atoms with Gasteiger partial charge in [0.2, 0.25) is 0 Å². The third-order valence-corrected chi connectivity index (χ3v) is 2.51. The zero-order valence-corrected chi connectivity index (χ0v) is 9.61. The van der Waals surface area contributed by atoms with Crippen molar-refractivity contribution in [2.75, 3.05) is 0 Å². The first-order valence-corrected chi connectivity index (χ1v) is 5.57. The van der Waals surface area contributed by atoms with Crippen molar-refractivity contribution in [3.63, 3.8) is 0 Å². The van der Waals surface area contributed by atoms with Gasteiger partial charge in [0.25, 0.3) is 0 Å². The van der Waals surface area contributed by atoms with Crippen molar-refractivity contribution in [2.24, 2.45) is 0 Å². The second kappa shape index (κ2) is 4.82. The minimum absolute atomic E-state index is 0.524. The molecule has 0 unspecified atom stereocenters. The van der Waals surface area contributed by atoms with Gasteiger partial charge in [0, 0.05) is 17.7 Å². The maximum atomic E-state index is 5.85. The van der Waals surface area contributed by atoms with E-state index in [9.17, 15) is 0 Å². The lowest BCUT2D eigenvalue weighted by molar-refractivity contribution is 0.886. The Labute approximate surface area is 88.1 Å². The van der Waals surface area contributed by atoms with E-state index >= 15 is 0 Å². The topological polar surface area (TPSA) is 25.8 Å². The molecule has 1 aromatic heterocycles. The number of aromatic nitrogens is 2. The van der Waals surface area contributed by atoms with Crippen LogP contribution >= 0.6 is 23.4 Å². The number of thioether (sulfide) groups is 1. The van der Waals surface area contributed by atoms with Crippen LogP contribution < -0.4 is 0 Å². The van der Waals surface area contributed by atoms with Crippen LogP contribution in [0.4, 0.5) is 0 Å². The zero-order chi connectivity index (χ0) is 9.84. The van der Waals surface area contributed by atoms with Gasteiger partial charge in [-0.3, -0.25) is 0 Å². The molecule has 0 atom stereocenters. The van der Waals surface area contributed by atoms with Crippen LogP contribution in [0.3, 0.4) is 0 Å². The third kappa shape index (κ3) is 3.53. The van der Waals surface area contributed by atoms with E-state index < -0.39 is 0 Å². The van der Waals surface area contributed by atoms with E-state index in [4.69, 9.17) is 11.6 Å². The number of aryl methyl sites for hydroxylation is 1. The van der Waals surface area contributed by atoms with E-state index in [1.54, 1.807) is 11.8 Å². The SMILES string of the molecule is CCc1nc(Cl)cc(SC(C)C)n1.